The topological polar surface area (TPSA) is 35.2 Å². The van der Waals surface area contributed by atoms with E-state index in [1.54, 1.807) is 6.07 Å². The van der Waals surface area contributed by atoms with Crippen molar-refractivity contribution in [2.75, 3.05) is 6.61 Å². The number of nitrogens with two attached hydrogens (primary N) is 1. The van der Waals surface area contributed by atoms with E-state index in [1.807, 2.05) is 24.3 Å². The Labute approximate surface area is 128 Å². The molecule has 2 aromatic rings. The van der Waals surface area contributed by atoms with Crippen LogP contribution >= 0.6 is 23.2 Å². The second kappa shape index (κ2) is 5.65. The van der Waals surface area contributed by atoms with E-state index in [0.29, 0.717) is 10.0 Å². The Morgan fingerprint density at radius 1 is 1.00 bits per heavy atom. The molecule has 2 N–H and O–H groups in total. The van der Waals surface area contributed by atoms with E-state index in [9.17, 15) is 0 Å². The molecule has 0 saturated carbocycles. The number of benzene rings is 2. The molecule has 1 aliphatic rings. The van der Waals surface area contributed by atoms with Crippen LogP contribution in [0.15, 0.2) is 36.4 Å². The van der Waals surface area contributed by atoms with Crippen molar-refractivity contribution in [1.82, 2.24) is 0 Å². The Kier molecular flexibility index (Phi) is 3.88. The quantitative estimate of drug-likeness (QED) is 0.894. The maximum atomic E-state index is 6.33. The molecule has 20 heavy (non-hydrogen) atoms. The van der Waals surface area contributed by atoms with E-state index in [2.05, 4.69) is 6.07 Å². The monoisotopic (exact) mass is 307 g/mol. The molecule has 0 saturated heterocycles. The van der Waals surface area contributed by atoms with E-state index in [-0.39, 0.29) is 6.04 Å². The van der Waals surface area contributed by atoms with Crippen LogP contribution in [-0.4, -0.2) is 6.61 Å². The van der Waals surface area contributed by atoms with Crippen molar-refractivity contribution in [2.45, 2.75) is 18.9 Å². The molecule has 1 atom stereocenters. The first kappa shape index (κ1) is 13.7. The molecule has 0 aliphatic carbocycles. The number of aryl methyl sites for hydroxylation is 1. The van der Waals surface area contributed by atoms with Crippen molar-refractivity contribution in [3.05, 3.63) is 63.1 Å². The molecule has 1 aliphatic heterocycles. The molecular formula is C16H15Cl2NO. The minimum Gasteiger partial charge on any atom is -0.493 e. The molecule has 2 nitrogen and oxygen atoms in total. The summed E-state index contributed by atoms with van der Waals surface area (Å²) < 4.78 is 5.62. The van der Waals surface area contributed by atoms with Crippen LogP contribution < -0.4 is 10.5 Å². The molecule has 0 bridgehead atoms. The maximum absolute atomic E-state index is 6.33. The summed E-state index contributed by atoms with van der Waals surface area (Å²) in [7, 11) is 0. The number of fused-ring (bicyclic) bond motifs is 1. The average Bonchev–Trinajstić information content (AvgIpc) is 2.49. The second-order valence-electron chi connectivity index (χ2n) is 4.97. The Hall–Kier alpha value is -1.22. The molecule has 0 amide bonds. The first-order valence-corrected chi connectivity index (χ1v) is 7.37. The summed E-state index contributed by atoms with van der Waals surface area (Å²) in [6.45, 7) is 0.797. The van der Waals surface area contributed by atoms with E-state index in [1.165, 1.54) is 5.56 Å². The third-order valence-corrected chi connectivity index (χ3v) is 4.33. The molecular weight excluding hydrogens is 293 g/mol. The van der Waals surface area contributed by atoms with Gasteiger partial charge in [-0.05, 0) is 47.7 Å². The van der Waals surface area contributed by atoms with Crippen molar-refractivity contribution in [3.8, 4) is 5.75 Å². The molecule has 1 unspecified atom stereocenters. The maximum Gasteiger partial charge on any atom is 0.122 e. The number of hydrogen-bond donors (Lipinski definition) is 1. The predicted molar refractivity (Wildman–Crippen MR) is 82.8 cm³/mol. The fraction of sp³-hybridized carbons (Fsp3) is 0.250. The molecule has 1 heterocycles. The van der Waals surface area contributed by atoms with Crippen LogP contribution in [-0.2, 0) is 6.42 Å². The summed E-state index contributed by atoms with van der Waals surface area (Å²) in [6.07, 6.45) is 2.09. The average molecular weight is 308 g/mol. The molecule has 0 aromatic heterocycles. The zero-order valence-corrected chi connectivity index (χ0v) is 12.4. The van der Waals surface area contributed by atoms with Crippen molar-refractivity contribution in [3.63, 3.8) is 0 Å². The normalized spacial score (nSPS) is 15.3. The standard InChI is InChI=1S/C16H15Cl2NO/c17-13-5-3-12(9-14(13)18)16(19)11-4-6-15-10(8-11)2-1-7-20-15/h3-6,8-9,16H,1-2,7,19H2. The Morgan fingerprint density at radius 3 is 2.55 bits per heavy atom. The highest BCUT2D eigenvalue weighted by molar-refractivity contribution is 6.42. The van der Waals surface area contributed by atoms with Crippen LogP contribution in [0.1, 0.15) is 29.2 Å². The van der Waals surface area contributed by atoms with Crippen LogP contribution in [0.2, 0.25) is 10.0 Å². The van der Waals surface area contributed by atoms with E-state index < -0.39 is 0 Å². The summed E-state index contributed by atoms with van der Waals surface area (Å²) in [5, 5.41) is 1.07. The minimum atomic E-state index is -0.211. The van der Waals surface area contributed by atoms with Gasteiger partial charge in [0.2, 0.25) is 0 Å². The summed E-state index contributed by atoms with van der Waals surface area (Å²) in [6, 6.07) is 11.4. The lowest BCUT2D eigenvalue weighted by atomic mass is 9.95. The van der Waals surface area contributed by atoms with Gasteiger partial charge >= 0.3 is 0 Å². The fourth-order valence-corrected chi connectivity index (χ4v) is 2.78. The number of halogens is 2. The van der Waals surface area contributed by atoms with E-state index in [0.717, 1.165) is 36.3 Å². The highest BCUT2D eigenvalue weighted by Crippen LogP contribution is 2.31. The van der Waals surface area contributed by atoms with Crippen molar-refractivity contribution < 1.29 is 4.74 Å². The zero-order valence-electron chi connectivity index (χ0n) is 10.9. The van der Waals surface area contributed by atoms with Crippen LogP contribution in [0.5, 0.6) is 5.75 Å². The van der Waals surface area contributed by atoms with Gasteiger partial charge in [0.15, 0.2) is 0 Å². The first-order valence-electron chi connectivity index (χ1n) is 6.61. The molecule has 0 fully saturated rings. The van der Waals surface area contributed by atoms with Crippen molar-refractivity contribution in [2.24, 2.45) is 5.73 Å². The summed E-state index contributed by atoms with van der Waals surface area (Å²) in [4.78, 5) is 0. The minimum absolute atomic E-state index is 0.211. The fourth-order valence-electron chi connectivity index (χ4n) is 2.47. The number of ether oxygens (including phenoxy) is 1. The largest absolute Gasteiger partial charge is 0.493 e. The van der Waals surface area contributed by atoms with Crippen LogP contribution in [0.4, 0.5) is 0 Å². The van der Waals surface area contributed by atoms with E-state index >= 15 is 0 Å². The van der Waals surface area contributed by atoms with Crippen molar-refractivity contribution in [1.29, 1.82) is 0 Å². The van der Waals surface area contributed by atoms with Gasteiger partial charge in [-0.1, -0.05) is 41.4 Å². The van der Waals surface area contributed by atoms with Crippen LogP contribution in [0.3, 0.4) is 0 Å². The van der Waals surface area contributed by atoms with Gasteiger partial charge in [-0.15, -0.1) is 0 Å². The highest BCUT2D eigenvalue weighted by atomic mass is 35.5. The Bertz CT molecular complexity index is 642. The Morgan fingerprint density at radius 2 is 1.75 bits per heavy atom. The van der Waals surface area contributed by atoms with Gasteiger partial charge in [0.25, 0.3) is 0 Å². The first-order chi connectivity index (χ1) is 9.65. The van der Waals surface area contributed by atoms with Gasteiger partial charge in [-0.25, -0.2) is 0 Å². The summed E-state index contributed by atoms with van der Waals surface area (Å²) >= 11 is 12.0. The molecule has 104 valence electrons. The highest BCUT2D eigenvalue weighted by Gasteiger charge is 2.15. The summed E-state index contributed by atoms with van der Waals surface area (Å²) in [5.74, 6) is 0.973. The van der Waals surface area contributed by atoms with Crippen LogP contribution in [0, 0.1) is 0 Å². The van der Waals surface area contributed by atoms with E-state index in [4.69, 9.17) is 33.7 Å². The van der Waals surface area contributed by atoms with Gasteiger partial charge in [0.05, 0.1) is 22.7 Å². The lowest BCUT2D eigenvalue weighted by molar-refractivity contribution is 0.288. The Balaban J connectivity index is 1.93. The lowest BCUT2D eigenvalue weighted by Gasteiger charge is -2.20. The van der Waals surface area contributed by atoms with Gasteiger partial charge in [0, 0.05) is 0 Å². The SMILES string of the molecule is NC(c1ccc(Cl)c(Cl)c1)c1ccc2c(c1)CCCO2. The zero-order chi connectivity index (χ0) is 14.1. The third kappa shape index (κ3) is 2.64. The molecule has 3 rings (SSSR count). The van der Waals surface area contributed by atoms with Crippen LogP contribution in [0.25, 0.3) is 0 Å². The molecule has 4 heteroatoms. The summed E-state index contributed by atoms with van der Waals surface area (Å²) in [5.41, 5.74) is 9.57. The second-order valence-corrected chi connectivity index (χ2v) is 5.78. The van der Waals surface area contributed by atoms with Gasteiger partial charge in [0.1, 0.15) is 5.75 Å². The van der Waals surface area contributed by atoms with Gasteiger partial charge in [-0.3, -0.25) is 0 Å². The van der Waals surface area contributed by atoms with Crippen molar-refractivity contribution >= 4 is 23.2 Å². The molecule has 0 spiro atoms. The van der Waals surface area contributed by atoms with Gasteiger partial charge < -0.3 is 10.5 Å². The number of rotatable bonds is 2. The molecule has 0 radical (unpaired) electrons. The van der Waals surface area contributed by atoms with Gasteiger partial charge in [-0.2, -0.15) is 0 Å². The smallest absolute Gasteiger partial charge is 0.122 e. The predicted octanol–water partition coefficient (Wildman–Crippen LogP) is 4.37. The number of hydrogen-bond acceptors (Lipinski definition) is 2. The lowest BCUT2D eigenvalue weighted by Crippen LogP contribution is -2.14. The third-order valence-electron chi connectivity index (χ3n) is 3.59. The molecule has 2 aromatic carbocycles.